The Balaban J connectivity index is 1.69. The van der Waals surface area contributed by atoms with Crippen molar-refractivity contribution >= 4 is 34.4 Å². The van der Waals surface area contributed by atoms with Crippen molar-refractivity contribution in [3.05, 3.63) is 86.0 Å². The number of rotatable bonds is 6. The molecule has 0 aliphatic rings. The van der Waals surface area contributed by atoms with E-state index in [9.17, 15) is 25.3 Å². The normalized spacial score (nSPS) is 11.3. The van der Waals surface area contributed by atoms with E-state index in [1.165, 1.54) is 0 Å². The van der Waals surface area contributed by atoms with Gasteiger partial charge in [-0.05, 0) is 42.3 Å². The van der Waals surface area contributed by atoms with E-state index in [4.69, 9.17) is 4.42 Å². The first-order valence-electron chi connectivity index (χ1n) is 9.55. The van der Waals surface area contributed by atoms with E-state index >= 15 is 0 Å². The summed E-state index contributed by atoms with van der Waals surface area (Å²) in [5, 5.41) is 32.3. The molecule has 0 spiro atoms. The molecule has 1 aromatic heterocycles. The van der Waals surface area contributed by atoms with E-state index in [1.807, 2.05) is 18.2 Å². The average Bonchev–Trinajstić information content (AvgIpc) is 3.21. The molecule has 3 aromatic carbocycles. The molecule has 4 aromatic rings. The molecule has 0 radical (unpaired) electrons. The molecule has 0 aliphatic heterocycles. The van der Waals surface area contributed by atoms with Crippen molar-refractivity contribution in [1.29, 1.82) is 0 Å². The Morgan fingerprint density at radius 2 is 1.91 bits per heavy atom. The first-order valence-corrected chi connectivity index (χ1v) is 9.55. The summed E-state index contributed by atoms with van der Waals surface area (Å²) < 4.78 is 5.82. The molecule has 1 heterocycles. The zero-order chi connectivity index (χ0) is 22.8. The maximum absolute atomic E-state index is 11.1. The summed E-state index contributed by atoms with van der Waals surface area (Å²) in [6, 6.07) is 14.4. The molecule has 0 aliphatic carbocycles. The third kappa shape index (κ3) is 4.01. The Morgan fingerprint density at radius 3 is 2.62 bits per heavy atom. The summed E-state index contributed by atoms with van der Waals surface area (Å²) in [7, 11) is 0. The van der Waals surface area contributed by atoms with Gasteiger partial charge in [0.25, 0.3) is 5.69 Å². The van der Waals surface area contributed by atoms with E-state index < -0.39 is 27.0 Å². The van der Waals surface area contributed by atoms with Crippen molar-refractivity contribution in [1.82, 2.24) is 4.98 Å². The molecule has 0 unspecified atom stereocenters. The fourth-order valence-corrected chi connectivity index (χ4v) is 3.15. The fourth-order valence-electron chi connectivity index (χ4n) is 3.15. The molecule has 10 heteroatoms. The Hall–Kier alpha value is -4.60. The zero-order valence-corrected chi connectivity index (χ0v) is 16.8. The first kappa shape index (κ1) is 20.7. The number of hydrogen-bond donors (Lipinski definition) is 1. The quantitative estimate of drug-likeness (QED) is 0.246. The van der Waals surface area contributed by atoms with Gasteiger partial charge >= 0.3 is 5.69 Å². The lowest BCUT2D eigenvalue weighted by molar-refractivity contribution is -0.394. The van der Waals surface area contributed by atoms with E-state index in [-0.39, 0.29) is 5.56 Å². The summed E-state index contributed by atoms with van der Waals surface area (Å²) in [5.41, 5.74) is 2.18. The molecule has 0 fully saturated rings. The van der Waals surface area contributed by atoms with Gasteiger partial charge in [-0.25, -0.2) is 4.98 Å². The van der Waals surface area contributed by atoms with Crippen LogP contribution in [0, 0.1) is 20.2 Å². The summed E-state index contributed by atoms with van der Waals surface area (Å²) in [4.78, 5) is 29.2. The van der Waals surface area contributed by atoms with E-state index in [2.05, 4.69) is 16.9 Å². The van der Waals surface area contributed by atoms with Gasteiger partial charge in [0.15, 0.2) is 5.58 Å². The molecule has 0 saturated heterocycles. The number of aryl methyl sites for hydroxylation is 1. The highest BCUT2D eigenvalue weighted by Crippen LogP contribution is 2.34. The minimum Gasteiger partial charge on any atom is -0.502 e. The standard InChI is InChI=1S/C22H16N4O6/c1-2-13-6-7-20-18(8-13)24-22(32-20)14-4-3-5-16(9-14)23-12-15-10-17(25(28)29)11-19(21(15)27)26(30)31/h3-12,27H,2H2,1H3. The van der Waals surface area contributed by atoms with Crippen molar-refractivity contribution in [2.24, 2.45) is 4.99 Å². The van der Waals surface area contributed by atoms with Gasteiger partial charge in [-0.1, -0.05) is 19.1 Å². The van der Waals surface area contributed by atoms with Crippen LogP contribution in [0.25, 0.3) is 22.6 Å². The number of oxazole rings is 1. The van der Waals surface area contributed by atoms with E-state index in [0.717, 1.165) is 29.8 Å². The maximum atomic E-state index is 11.1. The number of hydrogen-bond acceptors (Lipinski definition) is 8. The third-order valence-corrected chi connectivity index (χ3v) is 4.82. The van der Waals surface area contributed by atoms with Crippen LogP contribution < -0.4 is 0 Å². The zero-order valence-electron chi connectivity index (χ0n) is 16.8. The third-order valence-electron chi connectivity index (χ3n) is 4.82. The second kappa shape index (κ2) is 8.26. The predicted molar refractivity (Wildman–Crippen MR) is 117 cm³/mol. The number of fused-ring (bicyclic) bond motifs is 1. The van der Waals surface area contributed by atoms with Crippen LogP contribution in [0.1, 0.15) is 18.1 Å². The van der Waals surface area contributed by atoms with Gasteiger partial charge in [0.05, 0.1) is 21.6 Å². The molecule has 0 saturated carbocycles. The molecule has 1 N–H and O–H groups in total. The summed E-state index contributed by atoms with van der Waals surface area (Å²) >= 11 is 0. The van der Waals surface area contributed by atoms with E-state index in [1.54, 1.807) is 24.3 Å². The van der Waals surface area contributed by atoms with Crippen LogP contribution in [-0.2, 0) is 6.42 Å². The highest BCUT2D eigenvalue weighted by molar-refractivity contribution is 5.89. The smallest absolute Gasteiger partial charge is 0.318 e. The lowest BCUT2D eigenvalue weighted by Gasteiger charge is -2.01. The van der Waals surface area contributed by atoms with Gasteiger partial charge in [-0.15, -0.1) is 0 Å². The van der Waals surface area contributed by atoms with Gasteiger partial charge in [0, 0.05) is 23.4 Å². The van der Waals surface area contributed by atoms with Gasteiger partial charge in [0.1, 0.15) is 5.52 Å². The van der Waals surface area contributed by atoms with Gasteiger partial charge < -0.3 is 9.52 Å². The van der Waals surface area contributed by atoms with Crippen molar-refractivity contribution in [2.45, 2.75) is 13.3 Å². The van der Waals surface area contributed by atoms with Crippen LogP contribution in [-0.4, -0.2) is 26.2 Å². The Kier molecular flexibility index (Phi) is 5.34. The molecular formula is C22H16N4O6. The minimum absolute atomic E-state index is 0.148. The number of aliphatic imine (C=N–C) groups is 1. The average molecular weight is 432 g/mol. The lowest BCUT2D eigenvalue weighted by Crippen LogP contribution is -1.96. The molecule has 160 valence electrons. The molecule has 32 heavy (non-hydrogen) atoms. The lowest BCUT2D eigenvalue weighted by atomic mass is 10.1. The number of aromatic nitrogens is 1. The van der Waals surface area contributed by atoms with Gasteiger partial charge in [-0.3, -0.25) is 25.2 Å². The minimum atomic E-state index is -0.891. The van der Waals surface area contributed by atoms with Crippen LogP contribution in [0.15, 0.2) is 64.0 Å². The monoisotopic (exact) mass is 432 g/mol. The van der Waals surface area contributed by atoms with Crippen molar-refractivity contribution < 1.29 is 19.4 Å². The second-order valence-corrected chi connectivity index (χ2v) is 6.90. The first-order chi connectivity index (χ1) is 15.4. The maximum Gasteiger partial charge on any atom is 0.318 e. The van der Waals surface area contributed by atoms with Crippen LogP contribution in [0.5, 0.6) is 5.75 Å². The molecule has 4 rings (SSSR count). The van der Waals surface area contributed by atoms with Crippen LogP contribution >= 0.6 is 0 Å². The fraction of sp³-hybridized carbons (Fsp3) is 0.0909. The molecule has 0 atom stereocenters. The number of aromatic hydroxyl groups is 1. The number of nitro benzene ring substituents is 2. The highest BCUT2D eigenvalue weighted by atomic mass is 16.6. The molecule has 0 amide bonds. The summed E-state index contributed by atoms with van der Waals surface area (Å²) in [6.45, 7) is 2.05. The number of benzene rings is 3. The summed E-state index contributed by atoms with van der Waals surface area (Å²) in [6.07, 6.45) is 2.01. The SMILES string of the molecule is CCc1ccc2oc(-c3cccc(N=Cc4cc([N+](=O)[O-])cc([N+](=O)[O-])c4O)c3)nc2c1. The van der Waals surface area contributed by atoms with Crippen molar-refractivity contribution in [3.8, 4) is 17.2 Å². The topological polar surface area (TPSA) is 145 Å². The van der Waals surface area contributed by atoms with Crippen LogP contribution in [0.3, 0.4) is 0 Å². The van der Waals surface area contributed by atoms with Crippen LogP contribution in [0.2, 0.25) is 0 Å². The Labute approximate surface area is 180 Å². The highest BCUT2D eigenvalue weighted by Gasteiger charge is 2.23. The summed E-state index contributed by atoms with van der Waals surface area (Å²) in [5.74, 6) is -0.301. The second-order valence-electron chi connectivity index (χ2n) is 6.90. The number of phenolic OH excluding ortho intramolecular Hbond substituents is 1. The number of nitrogens with zero attached hydrogens (tertiary/aromatic N) is 4. The number of phenols is 1. The van der Waals surface area contributed by atoms with Gasteiger partial charge in [0.2, 0.25) is 11.6 Å². The number of non-ortho nitro benzene ring substituents is 1. The van der Waals surface area contributed by atoms with Crippen molar-refractivity contribution in [2.75, 3.05) is 0 Å². The van der Waals surface area contributed by atoms with E-state index in [0.29, 0.717) is 28.8 Å². The molecule has 10 nitrogen and oxygen atoms in total. The number of nitro groups is 2. The largest absolute Gasteiger partial charge is 0.502 e. The Bertz CT molecular complexity index is 1390. The molecular weight excluding hydrogens is 416 g/mol. The van der Waals surface area contributed by atoms with Crippen LogP contribution in [0.4, 0.5) is 17.1 Å². The molecule has 0 bridgehead atoms. The predicted octanol–water partition coefficient (Wildman–Crippen LogP) is 5.33. The Morgan fingerprint density at radius 1 is 1.09 bits per heavy atom. The van der Waals surface area contributed by atoms with Crippen molar-refractivity contribution in [3.63, 3.8) is 0 Å². The van der Waals surface area contributed by atoms with Gasteiger partial charge in [-0.2, -0.15) is 0 Å².